The van der Waals surface area contributed by atoms with Crippen LogP contribution in [0.2, 0.25) is 0 Å². The van der Waals surface area contributed by atoms with Gasteiger partial charge in [-0.2, -0.15) is 0 Å². The number of urea groups is 1. The lowest BCUT2D eigenvalue weighted by Gasteiger charge is -2.33. The van der Waals surface area contributed by atoms with Crippen LogP contribution in [-0.4, -0.2) is 52.0 Å². The Bertz CT molecular complexity index is 877. The molecule has 0 radical (unpaired) electrons. The molecule has 2 aliphatic heterocycles. The summed E-state index contributed by atoms with van der Waals surface area (Å²) in [5.41, 5.74) is 0.454. The van der Waals surface area contributed by atoms with Crippen LogP contribution in [0.1, 0.15) is 62.3 Å². The number of amides is 3. The van der Waals surface area contributed by atoms with Crippen LogP contribution >= 0.6 is 11.3 Å². The van der Waals surface area contributed by atoms with Crippen LogP contribution in [0.15, 0.2) is 24.3 Å². The standard InChI is InChI=1S/C22H28N4O2S/c27-20-22(11-5-1-2-6-12-22)24-21(28)26(20)15-25-13-9-16(10-14-25)19-23-17-7-3-4-8-18(17)29-19/h3-4,7-8,16H,1-2,5-6,9-15H2,(H,24,28). The van der Waals surface area contributed by atoms with Gasteiger partial charge in [0.2, 0.25) is 0 Å². The molecule has 1 aliphatic carbocycles. The van der Waals surface area contributed by atoms with E-state index in [1.807, 2.05) is 6.07 Å². The molecular weight excluding hydrogens is 384 g/mol. The first kappa shape index (κ1) is 19.0. The van der Waals surface area contributed by atoms with Crippen molar-refractivity contribution in [2.24, 2.45) is 0 Å². The van der Waals surface area contributed by atoms with Gasteiger partial charge in [-0.15, -0.1) is 11.3 Å². The highest BCUT2D eigenvalue weighted by Crippen LogP contribution is 2.35. The highest BCUT2D eigenvalue weighted by atomic mass is 32.1. The first-order chi connectivity index (χ1) is 14.1. The first-order valence-corrected chi connectivity index (χ1v) is 11.7. The van der Waals surface area contributed by atoms with E-state index in [0.717, 1.165) is 70.0 Å². The predicted octanol–water partition coefficient (Wildman–Crippen LogP) is 4.08. The number of carbonyl (C=O) groups excluding carboxylic acids is 2. The van der Waals surface area contributed by atoms with Crippen molar-refractivity contribution in [2.75, 3.05) is 19.8 Å². The summed E-state index contributed by atoms with van der Waals surface area (Å²) in [5.74, 6) is 0.470. The molecule has 1 aromatic carbocycles. The number of benzene rings is 1. The molecule has 3 heterocycles. The van der Waals surface area contributed by atoms with Crippen LogP contribution in [0, 0.1) is 0 Å². The van der Waals surface area contributed by atoms with Gasteiger partial charge in [-0.05, 0) is 37.8 Å². The van der Waals surface area contributed by atoms with Crippen molar-refractivity contribution in [1.29, 1.82) is 0 Å². The molecule has 1 saturated carbocycles. The van der Waals surface area contributed by atoms with Gasteiger partial charge in [-0.1, -0.05) is 37.8 Å². The van der Waals surface area contributed by atoms with Crippen LogP contribution in [0.3, 0.4) is 0 Å². The molecule has 0 unspecified atom stereocenters. The van der Waals surface area contributed by atoms with Gasteiger partial charge >= 0.3 is 6.03 Å². The summed E-state index contributed by atoms with van der Waals surface area (Å²) in [4.78, 5) is 34.2. The van der Waals surface area contributed by atoms with Crippen molar-refractivity contribution >= 4 is 33.5 Å². The Morgan fingerprint density at radius 1 is 1.07 bits per heavy atom. The van der Waals surface area contributed by atoms with Gasteiger partial charge in [0, 0.05) is 19.0 Å². The van der Waals surface area contributed by atoms with Gasteiger partial charge in [0.05, 0.1) is 21.9 Å². The number of likely N-dealkylation sites (tertiary alicyclic amines) is 1. The van der Waals surface area contributed by atoms with Crippen LogP contribution in [0.4, 0.5) is 4.79 Å². The molecule has 154 valence electrons. The molecule has 3 fully saturated rings. The Morgan fingerprint density at radius 3 is 2.52 bits per heavy atom. The van der Waals surface area contributed by atoms with Gasteiger partial charge in [0.15, 0.2) is 0 Å². The smallest absolute Gasteiger partial charge is 0.323 e. The Labute approximate surface area is 175 Å². The van der Waals surface area contributed by atoms with Gasteiger partial charge in [-0.25, -0.2) is 14.7 Å². The molecule has 1 spiro atoms. The number of nitrogens with one attached hydrogen (secondary N) is 1. The Morgan fingerprint density at radius 2 is 1.79 bits per heavy atom. The van der Waals surface area contributed by atoms with E-state index in [1.54, 1.807) is 11.3 Å². The summed E-state index contributed by atoms with van der Waals surface area (Å²) >= 11 is 1.80. The van der Waals surface area contributed by atoms with Crippen LogP contribution in [0.25, 0.3) is 10.2 Å². The van der Waals surface area contributed by atoms with Crippen LogP contribution < -0.4 is 5.32 Å². The molecule has 2 saturated heterocycles. The van der Waals surface area contributed by atoms with E-state index in [-0.39, 0.29) is 11.9 Å². The zero-order chi connectivity index (χ0) is 19.8. The minimum absolute atomic E-state index is 0.00213. The number of fused-ring (bicyclic) bond motifs is 1. The maximum absolute atomic E-state index is 13.1. The molecule has 1 N–H and O–H groups in total. The number of carbonyl (C=O) groups is 2. The summed E-state index contributed by atoms with van der Waals surface area (Å²) in [6, 6.07) is 8.10. The zero-order valence-electron chi connectivity index (χ0n) is 16.7. The summed E-state index contributed by atoms with van der Waals surface area (Å²) in [5, 5.41) is 4.27. The van der Waals surface area contributed by atoms with E-state index >= 15 is 0 Å². The number of hydrogen-bond acceptors (Lipinski definition) is 5. The molecule has 29 heavy (non-hydrogen) atoms. The number of hydrogen-bond donors (Lipinski definition) is 1. The third-order valence-corrected chi connectivity index (χ3v) is 7.99. The van der Waals surface area contributed by atoms with Gasteiger partial charge in [-0.3, -0.25) is 9.69 Å². The average Bonchev–Trinajstić information content (AvgIpc) is 3.15. The third kappa shape index (κ3) is 3.55. The van der Waals surface area contributed by atoms with E-state index in [9.17, 15) is 9.59 Å². The van der Waals surface area contributed by atoms with Gasteiger partial charge < -0.3 is 5.32 Å². The number of nitrogens with zero attached hydrogens (tertiary/aromatic N) is 3. The number of thiazole rings is 1. The fourth-order valence-electron chi connectivity index (χ4n) is 5.06. The van der Waals surface area contributed by atoms with E-state index < -0.39 is 5.54 Å². The summed E-state index contributed by atoms with van der Waals surface area (Å²) in [6.07, 6.45) is 7.97. The highest BCUT2D eigenvalue weighted by molar-refractivity contribution is 7.18. The van der Waals surface area contributed by atoms with Crippen LogP contribution in [-0.2, 0) is 4.79 Å². The second-order valence-electron chi connectivity index (χ2n) is 8.71. The molecule has 5 rings (SSSR count). The Kier molecular flexibility index (Phi) is 5.04. The molecule has 0 bridgehead atoms. The molecule has 3 aliphatic rings. The summed E-state index contributed by atoms with van der Waals surface area (Å²) < 4.78 is 1.25. The molecule has 2 aromatic rings. The second kappa shape index (κ2) is 7.69. The van der Waals surface area contributed by atoms with Crippen LogP contribution in [0.5, 0.6) is 0 Å². The van der Waals surface area contributed by atoms with E-state index in [4.69, 9.17) is 4.98 Å². The third-order valence-electron chi connectivity index (χ3n) is 6.79. The Hall–Kier alpha value is -1.99. The fourth-order valence-corrected chi connectivity index (χ4v) is 6.20. The fraction of sp³-hybridized carbons (Fsp3) is 0.591. The molecule has 7 heteroatoms. The van der Waals surface area contributed by atoms with Gasteiger partial charge in [0.25, 0.3) is 5.91 Å². The first-order valence-electron chi connectivity index (χ1n) is 10.9. The Balaban J connectivity index is 1.21. The predicted molar refractivity (Wildman–Crippen MR) is 114 cm³/mol. The minimum atomic E-state index is -0.632. The topological polar surface area (TPSA) is 65.5 Å². The van der Waals surface area contributed by atoms with Crippen molar-refractivity contribution in [2.45, 2.75) is 62.8 Å². The van der Waals surface area contributed by atoms with Gasteiger partial charge in [0.1, 0.15) is 5.54 Å². The van der Waals surface area contributed by atoms with Crippen molar-refractivity contribution in [3.05, 3.63) is 29.3 Å². The number of piperidine rings is 1. The lowest BCUT2D eigenvalue weighted by Crippen LogP contribution is -2.48. The molecule has 6 nitrogen and oxygen atoms in total. The van der Waals surface area contributed by atoms with E-state index in [0.29, 0.717) is 12.6 Å². The van der Waals surface area contributed by atoms with Crippen molar-refractivity contribution in [3.63, 3.8) is 0 Å². The zero-order valence-corrected chi connectivity index (χ0v) is 17.5. The normalized spacial score (nSPS) is 23.7. The summed E-state index contributed by atoms with van der Waals surface area (Å²) in [7, 11) is 0. The number of para-hydroxylation sites is 1. The maximum Gasteiger partial charge on any atom is 0.326 e. The van der Waals surface area contributed by atoms with E-state index in [2.05, 4.69) is 28.4 Å². The monoisotopic (exact) mass is 412 g/mol. The quantitative estimate of drug-likeness (QED) is 0.772. The van der Waals surface area contributed by atoms with E-state index in [1.165, 1.54) is 14.6 Å². The number of aromatic nitrogens is 1. The second-order valence-corrected chi connectivity index (χ2v) is 9.78. The highest BCUT2D eigenvalue weighted by Gasteiger charge is 2.51. The molecular formula is C22H28N4O2S. The SMILES string of the molecule is O=C1NC2(CCCCCC2)C(=O)N1CN1CCC(c2nc3ccccc3s2)CC1. The number of rotatable bonds is 3. The van der Waals surface area contributed by atoms with Crippen molar-refractivity contribution in [1.82, 2.24) is 20.1 Å². The number of imide groups is 1. The maximum atomic E-state index is 13.1. The molecule has 0 atom stereocenters. The summed E-state index contributed by atoms with van der Waals surface area (Å²) in [6.45, 7) is 2.20. The lowest BCUT2D eigenvalue weighted by atomic mass is 9.90. The lowest BCUT2D eigenvalue weighted by molar-refractivity contribution is -0.133. The minimum Gasteiger partial charge on any atom is -0.323 e. The average molecular weight is 413 g/mol. The largest absolute Gasteiger partial charge is 0.326 e. The molecule has 1 aromatic heterocycles. The van der Waals surface area contributed by atoms with Crippen molar-refractivity contribution < 1.29 is 9.59 Å². The molecule has 3 amide bonds. The van der Waals surface area contributed by atoms with Crippen molar-refractivity contribution in [3.8, 4) is 0 Å².